The van der Waals surface area contributed by atoms with Crippen LogP contribution in [0.2, 0.25) is 0 Å². The Morgan fingerprint density at radius 1 is 1.35 bits per heavy atom. The predicted octanol–water partition coefficient (Wildman–Crippen LogP) is 4.11. The van der Waals surface area contributed by atoms with E-state index in [0.717, 1.165) is 35.4 Å². The van der Waals surface area contributed by atoms with E-state index in [0.29, 0.717) is 39.3 Å². The van der Waals surface area contributed by atoms with Crippen LogP contribution in [0, 0.1) is 0 Å². The Kier molecular flexibility index (Phi) is 10.7. The maximum atomic E-state index is 12.3. The zero-order valence-electron chi connectivity index (χ0n) is 22.2. The number of carbonyl (C=O) groups is 2. The standard InChI is InChI=1S/C16H25N3O4S.C11H14O2/c1-16(2)22-9-10(23-16)8-21-15(20)19-5-4-11-12(6-17)14(18-3)24-13(11)7-19;1-2-13-11-8-4-3-6-10(11)7-5-9-12/h10,18H,4-9,17H2,1-3H3;3-4,6,8-9H,2,5,7H2,1H3. The topological polar surface area (TPSA) is 112 Å². The molecule has 3 N–H and O–H groups in total. The number of para-hydroxylation sites is 1. The highest BCUT2D eigenvalue weighted by Crippen LogP contribution is 2.36. The van der Waals surface area contributed by atoms with Crippen molar-refractivity contribution in [3.05, 3.63) is 45.8 Å². The zero-order chi connectivity index (χ0) is 26.8. The molecule has 2 aliphatic heterocycles. The van der Waals surface area contributed by atoms with Crippen molar-refractivity contribution in [2.45, 2.75) is 65.0 Å². The molecule has 1 amide bonds. The van der Waals surface area contributed by atoms with E-state index in [-0.39, 0.29) is 18.8 Å². The van der Waals surface area contributed by atoms with Crippen LogP contribution in [0.3, 0.4) is 0 Å². The Bertz CT molecular complexity index is 1040. The summed E-state index contributed by atoms with van der Waals surface area (Å²) in [7, 11) is 1.90. The number of fused-ring (bicyclic) bond motifs is 1. The molecule has 204 valence electrons. The first-order valence-electron chi connectivity index (χ1n) is 12.7. The first-order chi connectivity index (χ1) is 17.8. The maximum Gasteiger partial charge on any atom is 0.410 e. The van der Waals surface area contributed by atoms with Crippen LogP contribution in [0.1, 0.15) is 48.8 Å². The van der Waals surface area contributed by atoms with Crippen molar-refractivity contribution in [3.8, 4) is 5.75 Å². The van der Waals surface area contributed by atoms with Crippen molar-refractivity contribution in [2.24, 2.45) is 5.73 Å². The van der Waals surface area contributed by atoms with Gasteiger partial charge in [0.15, 0.2) is 5.79 Å². The fraction of sp³-hybridized carbons (Fsp3) is 0.556. The molecular weight excluding hydrogens is 494 g/mol. The van der Waals surface area contributed by atoms with E-state index < -0.39 is 5.79 Å². The lowest BCUT2D eigenvalue weighted by atomic mass is 10.0. The number of aldehydes is 1. The van der Waals surface area contributed by atoms with Gasteiger partial charge in [-0.3, -0.25) is 0 Å². The summed E-state index contributed by atoms with van der Waals surface area (Å²) in [5, 5.41) is 4.29. The van der Waals surface area contributed by atoms with Crippen LogP contribution in [0.15, 0.2) is 24.3 Å². The van der Waals surface area contributed by atoms with Gasteiger partial charge in [0.25, 0.3) is 0 Å². The van der Waals surface area contributed by atoms with Crippen LogP contribution >= 0.6 is 11.3 Å². The van der Waals surface area contributed by atoms with Gasteiger partial charge in [0.1, 0.15) is 24.7 Å². The van der Waals surface area contributed by atoms with E-state index in [1.165, 1.54) is 16.0 Å². The summed E-state index contributed by atoms with van der Waals surface area (Å²) in [5.74, 6) is 0.294. The second-order valence-corrected chi connectivity index (χ2v) is 10.3. The van der Waals surface area contributed by atoms with Crippen LogP contribution < -0.4 is 15.8 Å². The van der Waals surface area contributed by atoms with E-state index in [2.05, 4.69) is 5.32 Å². The van der Waals surface area contributed by atoms with Gasteiger partial charge in [-0.2, -0.15) is 0 Å². The molecular formula is C27H39N3O6S. The normalized spacial score (nSPS) is 17.9. The second-order valence-electron chi connectivity index (χ2n) is 9.21. The molecule has 0 spiro atoms. The average molecular weight is 534 g/mol. The molecule has 4 rings (SSSR count). The third-order valence-electron chi connectivity index (χ3n) is 6.12. The van der Waals surface area contributed by atoms with Gasteiger partial charge in [0, 0.05) is 37.0 Å². The number of carbonyl (C=O) groups excluding carboxylic acids is 2. The van der Waals surface area contributed by atoms with Crippen molar-refractivity contribution in [3.63, 3.8) is 0 Å². The molecule has 10 heteroatoms. The molecule has 1 aromatic carbocycles. The summed E-state index contributed by atoms with van der Waals surface area (Å²) in [5.41, 5.74) is 9.43. The number of nitrogens with one attached hydrogen (secondary N) is 1. The van der Waals surface area contributed by atoms with E-state index in [4.69, 9.17) is 24.7 Å². The molecule has 0 bridgehead atoms. The number of hydrogen-bond donors (Lipinski definition) is 2. The molecule has 2 aliphatic rings. The van der Waals surface area contributed by atoms with E-state index >= 15 is 0 Å². The molecule has 0 aliphatic carbocycles. The Balaban J connectivity index is 0.000000248. The maximum absolute atomic E-state index is 12.3. The number of rotatable bonds is 9. The number of amides is 1. The minimum atomic E-state index is -0.601. The van der Waals surface area contributed by atoms with Gasteiger partial charge in [-0.25, -0.2) is 4.79 Å². The van der Waals surface area contributed by atoms with Crippen molar-refractivity contribution in [2.75, 3.05) is 38.7 Å². The Hall–Kier alpha value is -2.66. The number of benzene rings is 1. The van der Waals surface area contributed by atoms with Crippen LogP contribution in [-0.4, -0.2) is 62.6 Å². The first kappa shape index (κ1) is 28.9. The Morgan fingerprint density at radius 2 is 2.14 bits per heavy atom. The number of aryl methyl sites for hydroxylation is 1. The molecule has 0 radical (unpaired) electrons. The lowest BCUT2D eigenvalue weighted by Gasteiger charge is -2.27. The summed E-state index contributed by atoms with van der Waals surface area (Å²) < 4.78 is 22.0. The zero-order valence-corrected chi connectivity index (χ0v) is 23.0. The minimum absolute atomic E-state index is 0.203. The minimum Gasteiger partial charge on any atom is -0.494 e. The largest absolute Gasteiger partial charge is 0.494 e. The fourth-order valence-corrected chi connectivity index (χ4v) is 5.61. The molecule has 37 heavy (non-hydrogen) atoms. The first-order valence-corrected chi connectivity index (χ1v) is 13.5. The van der Waals surface area contributed by atoms with Crippen LogP contribution in [0.5, 0.6) is 5.75 Å². The van der Waals surface area contributed by atoms with Gasteiger partial charge in [0.05, 0.1) is 24.8 Å². The van der Waals surface area contributed by atoms with Gasteiger partial charge in [-0.15, -0.1) is 11.3 Å². The molecule has 1 aromatic heterocycles. The number of anilines is 1. The van der Waals surface area contributed by atoms with Crippen LogP contribution in [-0.2, 0) is 44.9 Å². The average Bonchev–Trinajstić information content (AvgIpc) is 3.45. The highest BCUT2D eigenvalue weighted by Gasteiger charge is 2.34. The number of hydrogen-bond acceptors (Lipinski definition) is 9. The fourth-order valence-electron chi connectivity index (χ4n) is 4.36. The molecule has 2 aromatic rings. The molecule has 1 fully saturated rings. The van der Waals surface area contributed by atoms with Crippen molar-refractivity contribution in [1.29, 1.82) is 0 Å². The van der Waals surface area contributed by atoms with Gasteiger partial charge in [0.2, 0.25) is 0 Å². The summed E-state index contributed by atoms with van der Waals surface area (Å²) in [6, 6.07) is 7.83. The SMILES string of the molecule is CCOc1ccccc1CCC=O.CNc1sc2c(c1CN)CCN(C(=O)OCC1COC(C)(C)O1)C2. The number of nitrogens with zero attached hydrogens (tertiary/aromatic N) is 1. The van der Waals surface area contributed by atoms with Crippen LogP contribution in [0.25, 0.3) is 0 Å². The van der Waals surface area contributed by atoms with Gasteiger partial charge >= 0.3 is 6.09 Å². The van der Waals surface area contributed by atoms with Gasteiger partial charge in [-0.1, -0.05) is 18.2 Å². The molecule has 9 nitrogen and oxygen atoms in total. The lowest BCUT2D eigenvalue weighted by molar-refractivity contribution is -0.143. The number of ether oxygens (including phenoxy) is 4. The van der Waals surface area contributed by atoms with Gasteiger partial charge < -0.3 is 39.7 Å². The van der Waals surface area contributed by atoms with Crippen molar-refractivity contribution in [1.82, 2.24) is 4.90 Å². The van der Waals surface area contributed by atoms with Crippen LogP contribution in [0.4, 0.5) is 9.80 Å². The molecule has 1 atom stereocenters. The highest BCUT2D eigenvalue weighted by atomic mass is 32.1. The summed E-state index contributed by atoms with van der Waals surface area (Å²) in [4.78, 5) is 25.5. The van der Waals surface area contributed by atoms with E-state index in [9.17, 15) is 9.59 Å². The van der Waals surface area contributed by atoms with Gasteiger partial charge in [-0.05, 0) is 50.8 Å². The molecule has 1 saturated heterocycles. The summed E-state index contributed by atoms with van der Waals surface area (Å²) >= 11 is 1.67. The molecule has 1 unspecified atom stereocenters. The third kappa shape index (κ3) is 7.91. The van der Waals surface area contributed by atoms with Crippen molar-refractivity contribution >= 4 is 28.7 Å². The predicted molar refractivity (Wildman–Crippen MR) is 144 cm³/mol. The summed E-state index contributed by atoms with van der Waals surface area (Å²) in [6.45, 7) is 8.72. The second kappa shape index (κ2) is 13.8. The Labute approximate surface area is 223 Å². The smallest absolute Gasteiger partial charge is 0.410 e. The number of thiophene rings is 1. The summed E-state index contributed by atoms with van der Waals surface area (Å²) in [6.07, 6.45) is 2.56. The lowest BCUT2D eigenvalue weighted by Crippen LogP contribution is -2.37. The van der Waals surface area contributed by atoms with E-state index in [1.807, 2.05) is 52.1 Å². The number of nitrogens with two attached hydrogens (primary N) is 1. The van der Waals surface area contributed by atoms with Crippen molar-refractivity contribution < 1.29 is 28.5 Å². The molecule has 3 heterocycles. The molecule has 0 saturated carbocycles. The monoisotopic (exact) mass is 533 g/mol. The van der Waals surface area contributed by atoms with E-state index in [1.54, 1.807) is 16.2 Å². The highest BCUT2D eigenvalue weighted by molar-refractivity contribution is 7.16. The third-order valence-corrected chi connectivity index (χ3v) is 7.40. The quantitative estimate of drug-likeness (QED) is 0.463. The Morgan fingerprint density at radius 3 is 2.78 bits per heavy atom.